The number of allylic oxidation sites excluding steroid dienone is 1. The maximum absolute atomic E-state index is 13.3. The van der Waals surface area contributed by atoms with Crippen LogP contribution in [-0.4, -0.2) is 29.6 Å². The number of hydrogen-bond acceptors (Lipinski definition) is 3. The summed E-state index contributed by atoms with van der Waals surface area (Å²) in [5.41, 5.74) is 2.47. The summed E-state index contributed by atoms with van der Waals surface area (Å²) in [6, 6.07) is 3.36. The molecule has 5 nitrogen and oxygen atoms in total. The summed E-state index contributed by atoms with van der Waals surface area (Å²) >= 11 is 5.69. The standard InChI is InChI=1S/C16H19ClFN3O2S/c1-5-8-21-12(3)14(11(2)19-21)10-20(4)24(22,23)13-6-7-16(18)15(17)9-13/h5-7,9H,1,8,10H2,2-4H3. The molecule has 0 unspecified atom stereocenters. The van der Waals surface area contributed by atoms with Gasteiger partial charge in [-0.1, -0.05) is 17.7 Å². The van der Waals surface area contributed by atoms with Gasteiger partial charge >= 0.3 is 0 Å². The number of halogens is 2. The SMILES string of the molecule is C=CCn1nc(C)c(CN(C)S(=O)(=O)c2ccc(F)c(Cl)c2)c1C. The van der Waals surface area contributed by atoms with Crippen molar-refractivity contribution in [3.05, 3.63) is 58.6 Å². The van der Waals surface area contributed by atoms with E-state index in [4.69, 9.17) is 11.6 Å². The number of aryl methyl sites for hydroxylation is 1. The van der Waals surface area contributed by atoms with Crippen LogP contribution in [-0.2, 0) is 23.1 Å². The lowest BCUT2D eigenvalue weighted by molar-refractivity contribution is 0.464. The predicted molar refractivity (Wildman–Crippen MR) is 92.0 cm³/mol. The quantitative estimate of drug-likeness (QED) is 0.732. The van der Waals surface area contributed by atoms with Crippen LogP contribution >= 0.6 is 11.6 Å². The van der Waals surface area contributed by atoms with E-state index in [1.54, 1.807) is 10.8 Å². The minimum absolute atomic E-state index is 0.0508. The Labute approximate surface area is 146 Å². The third kappa shape index (κ3) is 3.53. The summed E-state index contributed by atoms with van der Waals surface area (Å²) in [7, 11) is -2.32. The Morgan fingerprint density at radius 3 is 2.67 bits per heavy atom. The van der Waals surface area contributed by atoms with Crippen LogP contribution in [0.5, 0.6) is 0 Å². The van der Waals surface area contributed by atoms with Crippen molar-refractivity contribution >= 4 is 21.6 Å². The van der Waals surface area contributed by atoms with Gasteiger partial charge in [0.25, 0.3) is 0 Å². The molecule has 2 aromatic rings. The number of benzene rings is 1. The average Bonchev–Trinajstić information content (AvgIpc) is 2.77. The average molecular weight is 372 g/mol. The molecule has 2 rings (SSSR count). The molecule has 0 aliphatic carbocycles. The maximum atomic E-state index is 13.3. The Morgan fingerprint density at radius 1 is 1.42 bits per heavy atom. The fraction of sp³-hybridized carbons (Fsp3) is 0.312. The van der Waals surface area contributed by atoms with E-state index in [0.717, 1.165) is 29.1 Å². The van der Waals surface area contributed by atoms with Crippen LogP contribution in [0.25, 0.3) is 0 Å². The van der Waals surface area contributed by atoms with E-state index in [2.05, 4.69) is 11.7 Å². The van der Waals surface area contributed by atoms with Crippen LogP contribution < -0.4 is 0 Å². The summed E-state index contributed by atoms with van der Waals surface area (Å²) < 4.78 is 41.5. The van der Waals surface area contributed by atoms with Gasteiger partial charge in [0.1, 0.15) is 5.82 Å². The number of rotatable bonds is 6. The molecular weight excluding hydrogens is 353 g/mol. The number of aromatic nitrogens is 2. The summed E-state index contributed by atoms with van der Waals surface area (Å²) in [6.45, 7) is 8.11. The molecule has 8 heteroatoms. The van der Waals surface area contributed by atoms with Crippen molar-refractivity contribution in [2.45, 2.75) is 31.8 Å². The fourth-order valence-electron chi connectivity index (χ4n) is 2.39. The first kappa shape index (κ1) is 18.6. The van der Waals surface area contributed by atoms with Crippen molar-refractivity contribution in [2.75, 3.05) is 7.05 Å². The summed E-state index contributed by atoms with van der Waals surface area (Å²) in [5.74, 6) is -0.657. The molecule has 130 valence electrons. The fourth-order valence-corrected chi connectivity index (χ4v) is 3.80. The number of sulfonamides is 1. The van der Waals surface area contributed by atoms with Gasteiger partial charge in [0.2, 0.25) is 10.0 Å². The van der Waals surface area contributed by atoms with Crippen molar-refractivity contribution in [1.82, 2.24) is 14.1 Å². The Bertz CT molecular complexity index is 878. The second-order valence-corrected chi connectivity index (χ2v) is 7.91. The number of hydrogen-bond donors (Lipinski definition) is 0. The molecule has 0 saturated carbocycles. The van der Waals surface area contributed by atoms with Crippen molar-refractivity contribution in [3.63, 3.8) is 0 Å². The van der Waals surface area contributed by atoms with Gasteiger partial charge in [-0.05, 0) is 32.0 Å². The molecular formula is C16H19ClFN3O2S. The second kappa shape index (κ2) is 7.04. The minimum atomic E-state index is -3.79. The van der Waals surface area contributed by atoms with Crippen molar-refractivity contribution < 1.29 is 12.8 Å². The van der Waals surface area contributed by atoms with Gasteiger partial charge in [0.05, 0.1) is 22.2 Å². The highest BCUT2D eigenvalue weighted by atomic mass is 35.5. The van der Waals surface area contributed by atoms with Crippen molar-refractivity contribution in [2.24, 2.45) is 0 Å². The van der Waals surface area contributed by atoms with Gasteiger partial charge in [-0.2, -0.15) is 9.40 Å². The normalized spacial score (nSPS) is 11.9. The lowest BCUT2D eigenvalue weighted by Crippen LogP contribution is -2.27. The lowest BCUT2D eigenvalue weighted by Gasteiger charge is -2.18. The highest BCUT2D eigenvalue weighted by Gasteiger charge is 2.24. The molecule has 0 spiro atoms. The molecule has 1 aromatic carbocycles. The minimum Gasteiger partial charge on any atom is -0.265 e. The number of nitrogens with zero attached hydrogens (tertiary/aromatic N) is 3. The zero-order valence-corrected chi connectivity index (χ0v) is 15.3. The van der Waals surface area contributed by atoms with Crippen LogP contribution in [0.2, 0.25) is 5.02 Å². The lowest BCUT2D eigenvalue weighted by atomic mass is 10.2. The molecule has 0 N–H and O–H groups in total. The van der Waals surface area contributed by atoms with E-state index in [-0.39, 0.29) is 16.5 Å². The molecule has 1 heterocycles. The van der Waals surface area contributed by atoms with E-state index in [0.29, 0.717) is 6.54 Å². The van der Waals surface area contributed by atoms with E-state index in [1.165, 1.54) is 17.4 Å². The van der Waals surface area contributed by atoms with Gasteiger partial charge in [-0.3, -0.25) is 4.68 Å². The largest absolute Gasteiger partial charge is 0.265 e. The van der Waals surface area contributed by atoms with E-state index >= 15 is 0 Å². The molecule has 0 amide bonds. The molecule has 0 aliphatic heterocycles. The summed E-state index contributed by atoms with van der Waals surface area (Å²) in [4.78, 5) is -0.0508. The second-order valence-electron chi connectivity index (χ2n) is 5.46. The highest BCUT2D eigenvalue weighted by Crippen LogP contribution is 2.24. The first-order valence-electron chi connectivity index (χ1n) is 7.23. The molecule has 0 bridgehead atoms. The zero-order chi connectivity index (χ0) is 18.1. The third-order valence-corrected chi connectivity index (χ3v) is 5.90. The molecule has 0 aliphatic rings. The zero-order valence-electron chi connectivity index (χ0n) is 13.8. The van der Waals surface area contributed by atoms with E-state index in [1.807, 2.05) is 13.8 Å². The predicted octanol–water partition coefficient (Wildman–Crippen LogP) is 3.30. The molecule has 0 fully saturated rings. The first-order chi connectivity index (χ1) is 11.2. The Balaban J connectivity index is 2.33. The van der Waals surface area contributed by atoms with Crippen LogP contribution in [0.15, 0.2) is 35.7 Å². The third-order valence-electron chi connectivity index (χ3n) is 3.81. The Morgan fingerprint density at radius 2 is 2.08 bits per heavy atom. The van der Waals surface area contributed by atoms with Crippen LogP contribution in [0.4, 0.5) is 4.39 Å². The Kier molecular flexibility index (Phi) is 5.47. The van der Waals surface area contributed by atoms with Crippen molar-refractivity contribution in [3.8, 4) is 0 Å². The van der Waals surface area contributed by atoms with Gasteiger partial charge in [-0.15, -0.1) is 6.58 Å². The van der Waals surface area contributed by atoms with Crippen LogP contribution in [0.3, 0.4) is 0 Å². The van der Waals surface area contributed by atoms with Crippen molar-refractivity contribution in [1.29, 1.82) is 0 Å². The molecule has 24 heavy (non-hydrogen) atoms. The topological polar surface area (TPSA) is 55.2 Å². The van der Waals surface area contributed by atoms with Gasteiger partial charge in [0.15, 0.2) is 0 Å². The van der Waals surface area contributed by atoms with Crippen LogP contribution in [0.1, 0.15) is 17.0 Å². The Hall–Kier alpha value is -1.70. The van der Waals surface area contributed by atoms with Gasteiger partial charge in [-0.25, -0.2) is 12.8 Å². The molecule has 1 aromatic heterocycles. The first-order valence-corrected chi connectivity index (χ1v) is 9.05. The monoisotopic (exact) mass is 371 g/mol. The van der Waals surface area contributed by atoms with Gasteiger partial charge in [0, 0.05) is 24.8 Å². The molecule has 0 saturated heterocycles. The highest BCUT2D eigenvalue weighted by molar-refractivity contribution is 7.89. The van der Waals surface area contributed by atoms with Crippen LogP contribution in [0, 0.1) is 19.7 Å². The smallest absolute Gasteiger partial charge is 0.243 e. The summed E-state index contributed by atoms with van der Waals surface area (Å²) in [6.07, 6.45) is 1.73. The maximum Gasteiger partial charge on any atom is 0.243 e. The van der Waals surface area contributed by atoms with Gasteiger partial charge < -0.3 is 0 Å². The molecule has 0 radical (unpaired) electrons. The molecule has 0 atom stereocenters. The van der Waals surface area contributed by atoms with E-state index in [9.17, 15) is 12.8 Å². The van der Waals surface area contributed by atoms with E-state index < -0.39 is 15.8 Å². The summed E-state index contributed by atoms with van der Waals surface area (Å²) in [5, 5.41) is 4.16.